The van der Waals surface area contributed by atoms with Gasteiger partial charge in [0.1, 0.15) is 5.82 Å². The molecule has 1 aliphatic heterocycles. The summed E-state index contributed by atoms with van der Waals surface area (Å²) in [6.07, 6.45) is 0. The second kappa shape index (κ2) is 9.74. The summed E-state index contributed by atoms with van der Waals surface area (Å²) in [7, 11) is -3.88. The number of sulfonamides is 1. The van der Waals surface area contributed by atoms with Gasteiger partial charge in [0.25, 0.3) is 5.91 Å². The van der Waals surface area contributed by atoms with Gasteiger partial charge in [-0.05, 0) is 61.4 Å². The monoisotopic (exact) mass is 501 g/mol. The molecule has 1 heterocycles. The lowest BCUT2D eigenvalue weighted by atomic mass is 10.1. The summed E-state index contributed by atoms with van der Waals surface area (Å²) < 4.78 is 42.4. The number of carbonyl (C=O) groups excluding carboxylic acids is 1. The van der Waals surface area contributed by atoms with Gasteiger partial charge in [0.2, 0.25) is 10.0 Å². The number of benzene rings is 3. The van der Waals surface area contributed by atoms with Crippen LogP contribution in [0.5, 0.6) is 0 Å². The number of halogens is 2. The van der Waals surface area contributed by atoms with Crippen molar-refractivity contribution < 1.29 is 17.6 Å². The Morgan fingerprint density at radius 2 is 1.68 bits per heavy atom. The zero-order valence-electron chi connectivity index (χ0n) is 18.9. The Balaban J connectivity index is 1.47. The number of piperazine rings is 1. The van der Waals surface area contributed by atoms with Gasteiger partial charge in [-0.25, -0.2) is 12.8 Å². The van der Waals surface area contributed by atoms with E-state index in [1.807, 2.05) is 12.1 Å². The zero-order valence-corrected chi connectivity index (χ0v) is 20.5. The molecule has 178 valence electrons. The number of hydrogen-bond acceptors (Lipinski definition) is 4. The number of anilines is 2. The topological polar surface area (TPSA) is 69.7 Å². The number of rotatable bonds is 5. The van der Waals surface area contributed by atoms with Gasteiger partial charge < -0.3 is 10.2 Å². The van der Waals surface area contributed by atoms with Crippen molar-refractivity contribution in [2.24, 2.45) is 0 Å². The van der Waals surface area contributed by atoms with E-state index in [9.17, 15) is 17.6 Å². The third kappa shape index (κ3) is 4.80. The summed E-state index contributed by atoms with van der Waals surface area (Å²) in [4.78, 5) is 14.4. The maximum absolute atomic E-state index is 14.8. The van der Waals surface area contributed by atoms with Gasteiger partial charge in [0.15, 0.2) is 0 Å². The fraction of sp³-hybridized carbons (Fsp3) is 0.240. The van der Waals surface area contributed by atoms with E-state index in [1.165, 1.54) is 33.6 Å². The zero-order chi connectivity index (χ0) is 24.5. The molecule has 0 bridgehead atoms. The molecule has 1 aliphatic rings. The highest BCUT2D eigenvalue weighted by atomic mass is 35.5. The van der Waals surface area contributed by atoms with Crippen molar-refractivity contribution in [3.8, 4) is 0 Å². The average molecular weight is 502 g/mol. The maximum atomic E-state index is 14.8. The molecule has 3 aromatic carbocycles. The normalized spacial score (nSPS) is 14.8. The molecule has 0 aromatic heterocycles. The lowest BCUT2D eigenvalue weighted by molar-refractivity contribution is 0.102. The average Bonchev–Trinajstić information content (AvgIpc) is 2.82. The number of amides is 1. The van der Waals surface area contributed by atoms with E-state index in [2.05, 4.69) is 30.1 Å². The Kier molecular flexibility index (Phi) is 6.93. The van der Waals surface area contributed by atoms with E-state index >= 15 is 0 Å². The number of nitrogens with zero attached hydrogens (tertiary/aromatic N) is 2. The Morgan fingerprint density at radius 1 is 0.971 bits per heavy atom. The summed E-state index contributed by atoms with van der Waals surface area (Å²) in [6, 6.07) is 16.0. The van der Waals surface area contributed by atoms with E-state index in [0.717, 1.165) is 11.8 Å². The first-order valence-electron chi connectivity index (χ1n) is 10.9. The molecule has 1 fully saturated rings. The van der Waals surface area contributed by atoms with Crippen molar-refractivity contribution in [3.05, 3.63) is 88.2 Å². The molecule has 1 saturated heterocycles. The van der Waals surface area contributed by atoms with E-state index in [-0.39, 0.29) is 21.2 Å². The smallest absolute Gasteiger partial charge is 0.257 e. The van der Waals surface area contributed by atoms with Gasteiger partial charge in [0.05, 0.1) is 21.2 Å². The minimum Gasteiger partial charge on any atom is -0.369 e. The van der Waals surface area contributed by atoms with Gasteiger partial charge in [-0.2, -0.15) is 4.31 Å². The Morgan fingerprint density at radius 3 is 2.35 bits per heavy atom. The number of hydrogen-bond donors (Lipinski definition) is 1. The second-order valence-corrected chi connectivity index (χ2v) is 10.5. The predicted molar refractivity (Wildman–Crippen MR) is 133 cm³/mol. The Hall–Kier alpha value is -2.94. The highest BCUT2D eigenvalue weighted by Gasteiger charge is 2.30. The van der Waals surface area contributed by atoms with Crippen LogP contribution in [0, 0.1) is 19.7 Å². The van der Waals surface area contributed by atoms with Gasteiger partial charge in [-0.15, -0.1) is 0 Å². The molecule has 4 rings (SSSR count). The summed E-state index contributed by atoms with van der Waals surface area (Å²) in [5.74, 6) is -1.42. The SMILES string of the molecule is Cc1cccc(N2CCN(S(=O)(=O)c3ccc(NC(=O)c4ccccc4Cl)c(F)c3)CC2)c1C. The van der Waals surface area contributed by atoms with Crippen LogP contribution in [0.2, 0.25) is 5.02 Å². The molecule has 1 amide bonds. The third-order valence-electron chi connectivity index (χ3n) is 6.10. The molecule has 9 heteroatoms. The summed E-state index contributed by atoms with van der Waals surface area (Å²) >= 11 is 6.02. The molecular weight excluding hydrogens is 477 g/mol. The first-order chi connectivity index (χ1) is 16.2. The molecule has 0 unspecified atom stereocenters. The third-order valence-corrected chi connectivity index (χ3v) is 8.32. The molecular formula is C25H25ClFN3O3S. The highest BCUT2D eigenvalue weighted by Crippen LogP contribution is 2.27. The predicted octanol–water partition coefficient (Wildman–Crippen LogP) is 4.86. The van der Waals surface area contributed by atoms with Gasteiger partial charge >= 0.3 is 0 Å². The summed E-state index contributed by atoms with van der Waals surface area (Å²) in [6.45, 7) is 5.78. The van der Waals surface area contributed by atoms with E-state index in [0.29, 0.717) is 26.2 Å². The van der Waals surface area contributed by atoms with Crippen molar-refractivity contribution in [3.63, 3.8) is 0 Å². The molecule has 0 atom stereocenters. The minimum absolute atomic E-state index is 0.122. The quantitative estimate of drug-likeness (QED) is 0.542. The minimum atomic E-state index is -3.88. The highest BCUT2D eigenvalue weighted by molar-refractivity contribution is 7.89. The van der Waals surface area contributed by atoms with E-state index < -0.39 is 21.7 Å². The standard InChI is InChI=1S/C25H25ClFN3O3S/c1-17-6-5-9-24(18(17)2)29-12-14-30(15-13-29)34(32,33)19-10-11-23(22(27)16-19)28-25(31)20-7-3-4-8-21(20)26/h3-11,16H,12-15H2,1-2H3,(H,28,31). The molecule has 0 spiro atoms. The van der Waals surface area contributed by atoms with E-state index in [1.54, 1.807) is 18.2 Å². The van der Waals surface area contributed by atoms with Crippen LogP contribution < -0.4 is 10.2 Å². The summed E-state index contributed by atoms with van der Waals surface area (Å²) in [5.41, 5.74) is 3.53. The molecule has 0 radical (unpaired) electrons. The van der Waals surface area contributed by atoms with Gasteiger partial charge in [-0.3, -0.25) is 4.79 Å². The van der Waals surface area contributed by atoms with Crippen LogP contribution in [0.1, 0.15) is 21.5 Å². The lowest BCUT2D eigenvalue weighted by Gasteiger charge is -2.36. The van der Waals surface area contributed by atoms with Crippen LogP contribution in [-0.4, -0.2) is 44.8 Å². The van der Waals surface area contributed by atoms with Crippen LogP contribution in [-0.2, 0) is 10.0 Å². The van der Waals surface area contributed by atoms with Crippen LogP contribution in [0.15, 0.2) is 65.6 Å². The number of nitrogens with one attached hydrogen (secondary N) is 1. The number of aryl methyl sites for hydroxylation is 1. The molecule has 1 N–H and O–H groups in total. The van der Waals surface area contributed by atoms with Crippen LogP contribution in [0.4, 0.5) is 15.8 Å². The number of carbonyl (C=O) groups is 1. The lowest BCUT2D eigenvalue weighted by Crippen LogP contribution is -2.48. The largest absolute Gasteiger partial charge is 0.369 e. The Bertz CT molecular complexity index is 1340. The molecule has 34 heavy (non-hydrogen) atoms. The van der Waals surface area contributed by atoms with Crippen LogP contribution in [0.25, 0.3) is 0 Å². The van der Waals surface area contributed by atoms with Crippen molar-refractivity contribution in [2.45, 2.75) is 18.7 Å². The second-order valence-electron chi connectivity index (χ2n) is 8.19. The van der Waals surface area contributed by atoms with Crippen molar-refractivity contribution >= 4 is 38.9 Å². The van der Waals surface area contributed by atoms with Crippen molar-refractivity contribution in [1.29, 1.82) is 0 Å². The maximum Gasteiger partial charge on any atom is 0.257 e. The van der Waals surface area contributed by atoms with Crippen LogP contribution in [0.3, 0.4) is 0 Å². The summed E-state index contributed by atoms with van der Waals surface area (Å²) in [5, 5.41) is 2.68. The van der Waals surface area contributed by atoms with Crippen LogP contribution >= 0.6 is 11.6 Å². The molecule has 0 aliphatic carbocycles. The van der Waals surface area contributed by atoms with Crippen molar-refractivity contribution in [1.82, 2.24) is 4.31 Å². The Labute approximate surface area is 204 Å². The molecule has 0 saturated carbocycles. The fourth-order valence-corrected chi connectivity index (χ4v) is 5.65. The van der Waals surface area contributed by atoms with E-state index in [4.69, 9.17) is 11.6 Å². The van der Waals surface area contributed by atoms with Crippen molar-refractivity contribution in [2.75, 3.05) is 36.4 Å². The van der Waals surface area contributed by atoms with Gasteiger partial charge in [-0.1, -0.05) is 35.9 Å². The molecule has 6 nitrogen and oxygen atoms in total. The molecule has 3 aromatic rings. The fourth-order valence-electron chi connectivity index (χ4n) is 3.99. The first-order valence-corrected chi connectivity index (χ1v) is 12.7. The first kappa shape index (κ1) is 24.2. The van der Waals surface area contributed by atoms with Gasteiger partial charge in [0, 0.05) is 31.9 Å².